The third-order valence-corrected chi connectivity index (χ3v) is 2.33. The molecular formula is C11H17NO4. The van der Waals surface area contributed by atoms with Gasteiger partial charge in [0, 0.05) is 6.54 Å². The molecule has 1 heterocycles. The Kier molecular flexibility index (Phi) is 3.67. The van der Waals surface area contributed by atoms with E-state index in [4.69, 9.17) is 4.74 Å². The first-order valence-corrected chi connectivity index (χ1v) is 5.34. The van der Waals surface area contributed by atoms with E-state index in [1.807, 2.05) is 0 Å². The van der Waals surface area contributed by atoms with Gasteiger partial charge in [0.15, 0.2) is 6.29 Å². The van der Waals surface area contributed by atoms with E-state index >= 15 is 0 Å². The van der Waals surface area contributed by atoms with Gasteiger partial charge in [0.1, 0.15) is 11.6 Å². The van der Waals surface area contributed by atoms with E-state index in [-0.39, 0.29) is 6.29 Å². The predicted molar refractivity (Wildman–Crippen MR) is 57.0 cm³/mol. The summed E-state index contributed by atoms with van der Waals surface area (Å²) in [6.07, 6.45) is 1.01. The molecule has 1 saturated heterocycles. The number of Topliss-reactive ketones (excluding diaryl/α,β-unsaturated/α-hetero) is 1. The third kappa shape index (κ3) is 3.05. The van der Waals surface area contributed by atoms with Crippen molar-refractivity contribution in [3.63, 3.8) is 0 Å². The highest BCUT2D eigenvalue weighted by Crippen LogP contribution is 2.20. The van der Waals surface area contributed by atoms with Gasteiger partial charge in [-0.3, -0.25) is 14.5 Å². The fraction of sp³-hybridized carbons (Fsp3) is 0.727. The molecule has 5 nitrogen and oxygen atoms in total. The molecule has 0 radical (unpaired) electrons. The van der Waals surface area contributed by atoms with Crippen LogP contribution in [0.25, 0.3) is 0 Å². The Hall–Kier alpha value is -1.39. The van der Waals surface area contributed by atoms with Crippen molar-refractivity contribution in [1.82, 2.24) is 4.90 Å². The van der Waals surface area contributed by atoms with Gasteiger partial charge in [-0.05, 0) is 33.6 Å². The van der Waals surface area contributed by atoms with Gasteiger partial charge in [0.2, 0.25) is 5.78 Å². The molecule has 16 heavy (non-hydrogen) atoms. The van der Waals surface area contributed by atoms with Crippen molar-refractivity contribution in [2.24, 2.45) is 0 Å². The highest BCUT2D eigenvalue weighted by molar-refractivity contribution is 6.27. The number of ether oxygens (including phenoxy) is 1. The minimum absolute atomic E-state index is 0.271. The first kappa shape index (κ1) is 12.7. The fourth-order valence-corrected chi connectivity index (χ4v) is 1.68. The molecule has 1 atom stereocenters. The van der Waals surface area contributed by atoms with Crippen molar-refractivity contribution in [2.45, 2.75) is 45.3 Å². The van der Waals surface area contributed by atoms with Crippen LogP contribution in [0.2, 0.25) is 0 Å². The quantitative estimate of drug-likeness (QED) is 0.524. The topological polar surface area (TPSA) is 63.7 Å². The normalized spacial score (nSPS) is 20.7. The van der Waals surface area contributed by atoms with Crippen molar-refractivity contribution in [1.29, 1.82) is 0 Å². The van der Waals surface area contributed by atoms with Gasteiger partial charge in [-0.15, -0.1) is 0 Å². The number of hydrogen-bond acceptors (Lipinski definition) is 4. The van der Waals surface area contributed by atoms with E-state index < -0.39 is 23.5 Å². The van der Waals surface area contributed by atoms with Crippen molar-refractivity contribution in [2.75, 3.05) is 6.54 Å². The van der Waals surface area contributed by atoms with Gasteiger partial charge >= 0.3 is 6.09 Å². The summed E-state index contributed by atoms with van der Waals surface area (Å²) in [5.74, 6) is -0.552. The van der Waals surface area contributed by atoms with E-state index in [1.165, 1.54) is 4.90 Å². The maximum atomic E-state index is 11.7. The zero-order valence-electron chi connectivity index (χ0n) is 9.86. The molecule has 1 fully saturated rings. The lowest BCUT2D eigenvalue weighted by atomic mass is 10.1. The molecule has 0 bridgehead atoms. The lowest BCUT2D eigenvalue weighted by molar-refractivity contribution is -0.132. The Morgan fingerprint density at radius 2 is 2.00 bits per heavy atom. The summed E-state index contributed by atoms with van der Waals surface area (Å²) in [6.45, 7) is 5.76. The molecule has 0 aromatic rings. The first-order chi connectivity index (χ1) is 7.35. The van der Waals surface area contributed by atoms with Crippen LogP contribution in [0, 0.1) is 0 Å². The van der Waals surface area contributed by atoms with Crippen LogP contribution >= 0.6 is 0 Å². The maximum absolute atomic E-state index is 11.7. The summed E-state index contributed by atoms with van der Waals surface area (Å²) < 4.78 is 5.17. The molecule has 1 amide bonds. The lowest BCUT2D eigenvalue weighted by Crippen LogP contribution is -2.43. The monoisotopic (exact) mass is 227 g/mol. The molecule has 0 aliphatic carbocycles. The van der Waals surface area contributed by atoms with Gasteiger partial charge in [0.05, 0.1) is 0 Å². The van der Waals surface area contributed by atoms with Crippen LogP contribution < -0.4 is 0 Å². The second-order valence-corrected chi connectivity index (χ2v) is 4.85. The Bertz CT molecular complexity index is 306. The summed E-state index contributed by atoms with van der Waals surface area (Å²) >= 11 is 0. The fourth-order valence-electron chi connectivity index (χ4n) is 1.68. The highest BCUT2D eigenvalue weighted by Gasteiger charge is 2.36. The first-order valence-electron chi connectivity index (χ1n) is 5.34. The van der Waals surface area contributed by atoms with Gasteiger partial charge in [-0.25, -0.2) is 4.79 Å². The van der Waals surface area contributed by atoms with Crippen LogP contribution in [-0.4, -0.2) is 41.3 Å². The Morgan fingerprint density at radius 3 is 2.50 bits per heavy atom. The molecule has 5 heteroatoms. The van der Waals surface area contributed by atoms with E-state index in [1.54, 1.807) is 20.8 Å². The number of nitrogens with zero attached hydrogens (tertiary/aromatic N) is 1. The van der Waals surface area contributed by atoms with E-state index in [0.717, 1.165) is 6.42 Å². The number of rotatable bonds is 2. The number of aldehydes is 1. The second-order valence-electron chi connectivity index (χ2n) is 4.85. The van der Waals surface area contributed by atoms with Crippen LogP contribution in [0.4, 0.5) is 4.79 Å². The van der Waals surface area contributed by atoms with Gasteiger partial charge in [-0.1, -0.05) is 0 Å². The predicted octanol–water partition coefficient (Wildman–Crippen LogP) is 1.15. The van der Waals surface area contributed by atoms with E-state index in [0.29, 0.717) is 13.0 Å². The number of carbonyl (C=O) groups excluding carboxylic acids is 3. The lowest BCUT2D eigenvalue weighted by Gasteiger charge is -2.27. The molecule has 1 rings (SSSR count). The number of amides is 1. The molecule has 0 N–H and O–H groups in total. The Balaban J connectivity index is 2.68. The summed E-state index contributed by atoms with van der Waals surface area (Å²) in [6, 6.07) is -0.632. The van der Waals surface area contributed by atoms with E-state index in [2.05, 4.69) is 0 Å². The molecule has 0 spiro atoms. The van der Waals surface area contributed by atoms with Crippen molar-refractivity contribution < 1.29 is 19.1 Å². The smallest absolute Gasteiger partial charge is 0.410 e. The van der Waals surface area contributed by atoms with Gasteiger partial charge < -0.3 is 4.74 Å². The number of carbonyl (C=O) groups is 3. The van der Waals surface area contributed by atoms with Gasteiger partial charge in [-0.2, -0.15) is 0 Å². The average molecular weight is 227 g/mol. The highest BCUT2D eigenvalue weighted by atomic mass is 16.6. The van der Waals surface area contributed by atoms with Crippen molar-refractivity contribution in [3.8, 4) is 0 Å². The summed E-state index contributed by atoms with van der Waals surface area (Å²) in [5.41, 5.74) is -0.589. The molecular weight excluding hydrogens is 210 g/mol. The molecule has 90 valence electrons. The van der Waals surface area contributed by atoms with Crippen LogP contribution in [0.5, 0.6) is 0 Å². The zero-order chi connectivity index (χ0) is 12.3. The Morgan fingerprint density at radius 1 is 1.38 bits per heavy atom. The maximum Gasteiger partial charge on any atom is 0.410 e. The third-order valence-electron chi connectivity index (χ3n) is 2.33. The molecule has 0 aromatic heterocycles. The molecule has 1 aliphatic heterocycles. The molecule has 1 aliphatic rings. The summed E-state index contributed by atoms with van der Waals surface area (Å²) in [5, 5.41) is 0. The average Bonchev–Trinajstić information content (AvgIpc) is 2.62. The van der Waals surface area contributed by atoms with Crippen LogP contribution in [0.1, 0.15) is 33.6 Å². The van der Waals surface area contributed by atoms with Crippen LogP contribution in [-0.2, 0) is 14.3 Å². The standard InChI is InChI=1S/C11H17NO4/c1-11(2,3)16-10(15)12-6-4-5-8(12)9(14)7-13/h7-8H,4-6H2,1-3H3/t8-/m0/s1. The number of ketones is 1. The summed E-state index contributed by atoms with van der Waals surface area (Å²) in [4.78, 5) is 34.8. The number of hydrogen-bond donors (Lipinski definition) is 0. The molecule has 0 saturated carbocycles. The zero-order valence-corrected chi connectivity index (χ0v) is 9.86. The van der Waals surface area contributed by atoms with E-state index in [9.17, 15) is 14.4 Å². The molecule has 0 unspecified atom stereocenters. The van der Waals surface area contributed by atoms with Crippen molar-refractivity contribution in [3.05, 3.63) is 0 Å². The largest absolute Gasteiger partial charge is 0.444 e. The van der Waals surface area contributed by atoms with Gasteiger partial charge in [0.25, 0.3) is 0 Å². The minimum atomic E-state index is -0.632. The van der Waals surface area contributed by atoms with Crippen molar-refractivity contribution >= 4 is 18.2 Å². The second kappa shape index (κ2) is 4.63. The Labute approximate surface area is 94.7 Å². The van der Waals surface area contributed by atoms with Crippen LogP contribution in [0.15, 0.2) is 0 Å². The summed E-state index contributed by atoms with van der Waals surface area (Å²) in [7, 11) is 0. The SMILES string of the molecule is CC(C)(C)OC(=O)N1CCC[C@H]1C(=O)C=O. The minimum Gasteiger partial charge on any atom is -0.444 e. The number of likely N-dealkylation sites (tertiary alicyclic amines) is 1. The van der Waals surface area contributed by atoms with Crippen LogP contribution in [0.3, 0.4) is 0 Å². The molecule has 0 aromatic carbocycles.